The predicted octanol–water partition coefficient (Wildman–Crippen LogP) is 2.59. The largest absolute Gasteiger partial charge is 0.454 e. The first-order chi connectivity index (χ1) is 12.7. The zero-order valence-corrected chi connectivity index (χ0v) is 14.6. The van der Waals surface area contributed by atoms with Gasteiger partial charge in [0.2, 0.25) is 6.79 Å². The van der Waals surface area contributed by atoms with Crippen molar-refractivity contribution in [3.05, 3.63) is 58.0 Å². The molecule has 2 aliphatic rings. The Balaban J connectivity index is 1.30. The number of ether oxygens (including phenoxy) is 2. The second-order valence-electron chi connectivity index (χ2n) is 6.94. The van der Waals surface area contributed by atoms with Gasteiger partial charge in [0.25, 0.3) is 5.56 Å². The molecular formula is C20H22N2O4. The van der Waals surface area contributed by atoms with Crippen LogP contribution in [-0.4, -0.2) is 35.5 Å². The van der Waals surface area contributed by atoms with Gasteiger partial charge in [0.15, 0.2) is 17.3 Å². The third-order valence-corrected chi connectivity index (χ3v) is 5.17. The number of Topliss-reactive ketones (excluding diaryl/α,β-unsaturated/α-hetero) is 1. The van der Waals surface area contributed by atoms with Gasteiger partial charge in [-0.05, 0) is 56.1 Å². The first kappa shape index (κ1) is 16.8. The number of likely N-dealkylation sites (tertiary alicyclic amines) is 1. The third kappa shape index (κ3) is 3.65. The SMILES string of the molecule is O=C(CC1CCN(Cc2ccc[nH]c2=O)CC1)c1ccc2c(c1)OCO2. The summed E-state index contributed by atoms with van der Waals surface area (Å²) in [4.78, 5) is 29.4. The van der Waals surface area contributed by atoms with Crippen LogP contribution in [0.3, 0.4) is 0 Å². The van der Waals surface area contributed by atoms with Gasteiger partial charge in [-0.3, -0.25) is 14.5 Å². The molecule has 0 spiro atoms. The van der Waals surface area contributed by atoms with Crippen LogP contribution < -0.4 is 15.0 Å². The van der Waals surface area contributed by atoms with E-state index in [-0.39, 0.29) is 18.1 Å². The number of rotatable bonds is 5. The number of ketones is 1. The van der Waals surface area contributed by atoms with Crippen molar-refractivity contribution in [2.75, 3.05) is 19.9 Å². The Morgan fingerprint density at radius 2 is 1.96 bits per heavy atom. The molecule has 6 nitrogen and oxygen atoms in total. The maximum absolute atomic E-state index is 12.6. The number of hydrogen-bond acceptors (Lipinski definition) is 5. The van der Waals surface area contributed by atoms with Gasteiger partial charge < -0.3 is 14.5 Å². The normalized spacial score (nSPS) is 17.4. The molecule has 3 heterocycles. The van der Waals surface area contributed by atoms with Crippen LogP contribution in [0.4, 0.5) is 0 Å². The van der Waals surface area contributed by atoms with Gasteiger partial charge in [-0.1, -0.05) is 6.07 Å². The molecule has 1 N–H and O–H groups in total. The molecule has 0 unspecified atom stereocenters. The zero-order chi connectivity index (χ0) is 17.9. The van der Waals surface area contributed by atoms with Crippen molar-refractivity contribution in [1.82, 2.24) is 9.88 Å². The van der Waals surface area contributed by atoms with E-state index in [1.807, 2.05) is 18.2 Å². The molecule has 1 aromatic carbocycles. The Labute approximate surface area is 151 Å². The van der Waals surface area contributed by atoms with Crippen molar-refractivity contribution in [3.8, 4) is 11.5 Å². The van der Waals surface area contributed by atoms with Crippen LogP contribution in [-0.2, 0) is 6.54 Å². The molecule has 0 saturated carbocycles. The highest BCUT2D eigenvalue weighted by molar-refractivity contribution is 5.96. The van der Waals surface area contributed by atoms with Crippen molar-refractivity contribution in [2.45, 2.75) is 25.8 Å². The summed E-state index contributed by atoms with van der Waals surface area (Å²) in [6, 6.07) is 9.12. The number of piperidine rings is 1. The maximum atomic E-state index is 12.6. The van der Waals surface area contributed by atoms with E-state index in [0.717, 1.165) is 31.5 Å². The molecule has 0 atom stereocenters. The van der Waals surface area contributed by atoms with E-state index < -0.39 is 0 Å². The summed E-state index contributed by atoms with van der Waals surface area (Å²) in [6.07, 6.45) is 4.15. The van der Waals surface area contributed by atoms with E-state index in [2.05, 4.69) is 9.88 Å². The van der Waals surface area contributed by atoms with Crippen molar-refractivity contribution in [1.29, 1.82) is 0 Å². The van der Waals surface area contributed by atoms with Gasteiger partial charge in [0.1, 0.15) is 0 Å². The second-order valence-corrected chi connectivity index (χ2v) is 6.94. The molecule has 1 fully saturated rings. The molecule has 26 heavy (non-hydrogen) atoms. The summed E-state index contributed by atoms with van der Waals surface area (Å²) in [5.74, 6) is 1.89. The Morgan fingerprint density at radius 3 is 2.77 bits per heavy atom. The fraction of sp³-hybridized carbons (Fsp3) is 0.400. The van der Waals surface area contributed by atoms with Crippen LogP contribution in [0.2, 0.25) is 0 Å². The van der Waals surface area contributed by atoms with E-state index >= 15 is 0 Å². The summed E-state index contributed by atoms with van der Waals surface area (Å²) < 4.78 is 10.6. The van der Waals surface area contributed by atoms with Gasteiger partial charge in [-0.25, -0.2) is 0 Å². The molecule has 6 heteroatoms. The monoisotopic (exact) mass is 354 g/mol. The second kappa shape index (κ2) is 7.33. The van der Waals surface area contributed by atoms with Gasteiger partial charge >= 0.3 is 0 Å². The molecular weight excluding hydrogens is 332 g/mol. The van der Waals surface area contributed by atoms with E-state index in [0.29, 0.717) is 35.9 Å². The number of benzene rings is 1. The number of pyridine rings is 1. The van der Waals surface area contributed by atoms with E-state index in [9.17, 15) is 9.59 Å². The molecule has 0 bridgehead atoms. The molecule has 4 rings (SSSR count). The Hall–Kier alpha value is -2.60. The summed E-state index contributed by atoms with van der Waals surface area (Å²) in [5, 5.41) is 0. The number of aromatic amines is 1. The minimum atomic E-state index is -0.0207. The Bertz CT molecular complexity index is 853. The fourth-order valence-electron chi connectivity index (χ4n) is 3.62. The lowest BCUT2D eigenvalue weighted by molar-refractivity contribution is 0.0924. The van der Waals surface area contributed by atoms with E-state index in [1.54, 1.807) is 18.3 Å². The number of nitrogens with one attached hydrogen (secondary N) is 1. The number of H-pyrrole nitrogens is 1. The summed E-state index contributed by atoms with van der Waals surface area (Å²) in [5.41, 5.74) is 1.46. The van der Waals surface area contributed by atoms with Crippen molar-refractivity contribution < 1.29 is 14.3 Å². The van der Waals surface area contributed by atoms with E-state index in [1.165, 1.54) is 0 Å². The average molecular weight is 354 g/mol. The minimum Gasteiger partial charge on any atom is -0.454 e. The molecule has 2 aromatic rings. The predicted molar refractivity (Wildman–Crippen MR) is 96.6 cm³/mol. The van der Waals surface area contributed by atoms with Gasteiger partial charge in [0, 0.05) is 30.3 Å². The van der Waals surface area contributed by atoms with Gasteiger partial charge in [0.05, 0.1) is 0 Å². The number of carbonyl (C=O) groups is 1. The summed E-state index contributed by atoms with van der Waals surface area (Å²) in [6.45, 7) is 2.70. The summed E-state index contributed by atoms with van der Waals surface area (Å²) >= 11 is 0. The average Bonchev–Trinajstić information content (AvgIpc) is 3.13. The summed E-state index contributed by atoms with van der Waals surface area (Å²) in [7, 11) is 0. The standard InChI is InChI=1S/C20H22N2O4/c23-17(15-3-4-18-19(11-15)26-13-25-18)10-14-5-8-22(9-6-14)12-16-2-1-7-21-20(16)24/h1-4,7,11,14H,5-6,8-10,12-13H2,(H,21,24). The van der Waals surface area contributed by atoms with Crippen LogP contribution in [0.5, 0.6) is 11.5 Å². The van der Waals surface area contributed by atoms with Gasteiger partial charge in [-0.15, -0.1) is 0 Å². The lowest BCUT2D eigenvalue weighted by Crippen LogP contribution is -2.35. The topological polar surface area (TPSA) is 71.6 Å². The smallest absolute Gasteiger partial charge is 0.252 e. The fourth-order valence-corrected chi connectivity index (χ4v) is 3.62. The van der Waals surface area contributed by atoms with E-state index in [4.69, 9.17) is 9.47 Å². The van der Waals surface area contributed by atoms with Crippen LogP contribution in [0, 0.1) is 5.92 Å². The molecule has 2 aliphatic heterocycles. The maximum Gasteiger partial charge on any atom is 0.252 e. The zero-order valence-electron chi connectivity index (χ0n) is 14.6. The quantitative estimate of drug-likeness (QED) is 0.836. The highest BCUT2D eigenvalue weighted by Crippen LogP contribution is 2.33. The number of carbonyl (C=O) groups excluding carboxylic acids is 1. The van der Waals surface area contributed by atoms with Crippen LogP contribution >= 0.6 is 0 Å². The van der Waals surface area contributed by atoms with Crippen LogP contribution in [0.15, 0.2) is 41.3 Å². The van der Waals surface area contributed by atoms with Gasteiger partial charge in [-0.2, -0.15) is 0 Å². The molecule has 1 saturated heterocycles. The lowest BCUT2D eigenvalue weighted by Gasteiger charge is -2.31. The lowest BCUT2D eigenvalue weighted by atomic mass is 9.89. The molecule has 0 radical (unpaired) electrons. The van der Waals surface area contributed by atoms with Crippen LogP contribution in [0.25, 0.3) is 0 Å². The van der Waals surface area contributed by atoms with Crippen molar-refractivity contribution in [2.24, 2.45) is 5.92 Å². The van der Waals surface area contributed by atoms with Crippen LogP contribution in [0.1, 0.15) is 35.2 Å². The minimum absolute atomic E-state index is 0.0207. The number of nitrogens with zero attached hydrogens (tertiary/aromatic N) is 1. The Morgan fingerprint density at radius 1 is 1.15 bits per heavy atom. The molecule has 1 aromatic heterocycles. The number of hydrogen-bond donors (Lipinski definition) is 1. The Kier molecular flexibility index (Phi) is 4.75. The highest BCUT2D eigenvalue weighted by atomic mass is 16.7. The highest BCUT2D eigenvalue weighted by Gasteiger charge is 2.23. The number of aromatic nitrogens is 1. The number of fused-ring (bicyclic) bond motifs is 1. The molecule has 0 aliphatic carbocycles. The molecule has 136 valence electrons. The van der Waals surface area contributed by atoms with Crippen molar-refractivity contribution in [3.63, 3.8) is 0 Å². The van der Waals surface area contributed by atoms with Crippen molar-refractivity contribution >= 4 is 5.78 Å². The third-order valence-electron chi connectivity index (χ3n) is 5.17. The first-order valence-electron chi connectivity index (χ1n) is 9.01. The first-order valence-corrected chi connectivity index (χ1v) is 9.01. The molecule has 0 amide bonds.